The van der Waals surface area contributed by atoms with E-state index in [9.17, 15) is 0 Å². The molecule has 0 saturated heterocycles. The summed E-state index contributed by atoms with van der Waals surface area (Å²) < 4.78 is 5.87. The van der Waals surface area contributed by atoms with Crippen molar-refractivity contribution in [1.82, 2.24) is 0 Å². The first kappa shape index (κ1) is 8.77. The molecule has 11 heavy (non-hydrogen) atoms. The van der Waals surface area contributed by atoms with E-state index in [-0.39, 0.29) is 12.6 Å². The molecular formula is C7H10BrNO2. The summed E-state index contributed by atoms with van der Waals surface area (Å²) in [6, 6.07) is 3.41. The topological polar surface area (TPSA) is 59.4 Å². The van der Waals surface area contributed by atoms with Crippen molar-refractivity contribution < 1.29 is 9.52 Å². The minimum Gasteiger partial charge on any atom is -0.454 e. The third-order valence-electron chi connectivity index (χ3n) is 1.33. The molecule has 0 radical (unpaired) electrons. The molecule has 0 amide bonds. The Balaban J connectivity index is 2.50. The van der Waals surface area contributed by atoms with Crippen molar-refractivity contribution in [3.8, 4) is 0 Å². The van der Waals surface area contributed by atoms with Crippen LogP contribution in [0.25, 0.3) is 0 Å². The lowest BCUT2D eigenvalue weighted by Crippen LogP contribution is -2.26. The second-order valence-electron chi connectivity index (χ2n) is 2.35. The van der Waals surface area contributed by atoms with Crippen LogP contribution >= 0.6 is 15.9 Å². The molecule has 1 atom stereocenters. The van der Waals surface area contributed by atoms with Crippen LogP contribution in [0.15, 0.2) is 21.2 Å². The number of hydrogen-bond donors (Lipinski definition) is 2. The maximum Gasteiger partial charge on any atom is 0.169 e. The lowest BCUT2D eigenvalue weighted by Gasteiger charge is -2.03. The molecule has 3 nitrogen and oxygen atoms in total. The van der Waals surface area contributed by atoms with Crippen LogP contribution in [-0.4, -0.2) is 17.8 Å². The van der Waals surface area contributed by atoms with Crippen LogP contribution in [0.1, 0.15) is 5.76 Å². The third kappa shape index (κ3) is 2.65. The van der Waals surface area contributed by atoms with Crippen molar-refractivity contribution >= 4 is 15.9 Å². The van der Waals surface area contributed by atoms with Crippen LogP contribution in [0.2, 0.25) is 0 Å². The molecule has 0 spiro atoms. The first-order chi connectivity index (χ1) is 5.22. The summed E-state index contributed by atoms with van der Waals surface area (Å²) in [5.74, 6) is 0.790. The quantitative estimate of drug-likeness (QED) is 0.795. The molecule has 0 bridgehead atoms. The molecule has 1 aromatic rings. The zero-order valence-electron chi connectivity index (χ0n) is 5.96. The van der Waals surface area contributed by atoms with Gasteiger partial charge in [-0.25, -0.2) is 0 Å². The fraction of sp³-hybridized carbons (Fsp3) is 0.429. The van der Waals surface area contributed by atoms with Gasteiger partial charge in [-0.1, -0.05) is 0 Å². The molecule has 1 heterocycles. The molecule has 1 rings (SSSR count). The standard InChI is InChI=1S/C7H10BrNO2/c8-7-2-1-6(11-7)3-5(9)4-10/h1-2,5,10H,3-4,9H2. The van der Waals surface area contributed by atoms with Crippen LogP contribution in [0.5, 0.6) is 0 Å². The Kier molecular flexibility index (Phi) is 3.11. The van der Waals surface area contributed by atoms with Crippen LogP contribution < -0.4 is 5.73 Å². The Morgan fingerprint density at radius 3 is 2.82 bits per heavy atom. The van der Waals surface area contributed by atoms with Crippen molar-refractivity contribution in [3.05, 3.63) is 22.6 Å². The molecule has 0 aliphatic rings. The predicted molar refractivity (Wildman–Crippen MR) is 45.2 cm³/mol. The van der Waals surface area contributed by atoms with E-state index in [1.807, 2.05) is 6.07 Å². The van der Waals surface area contributed by atoms with E-state index in [2.05, 4.69) is 15.9 Å². The van der Waals surface area contributed by atoms with Gasteiger partial charge >= 0.3 is 0 Å². The lowest BCUT2D eigenvalue weighted by atomic mass is 10.2. The first-order valence-electron chi connectivity index (χ1n) is 3.33. The minimum absolute atomic E-state index is 0.0156. The predicted octanol–water partition coefficient (Wildman–Crippen LogP) is 0.904. The van der Waals surface area contributed by atoms with Gasteiger partial charge < -0.3 is 15.3 Å². The van der Waals surface area contributed by atoms with Gasteiger partial charge in [-0.05, 0) is 28.1 Å². The summed E-state index contributed by atoms with van der Waals surface area (Å²) in [5.41, 5.74) is 5.49. The molecule has 62 valence electrons. The van der Waals surface area contributed by atoms with Crippen molar-refractivity contribution in [2.75, 3.05) is 6.61 Å². The van der Waals surface area contributed by atoms with Gasteiger partial charge in [0.05, 0.1) is 6.61 Å². The number of aliphatic hydroxyl groups is 1. The van der Waals surface area contributed by atoms with E-state index >= 15 is 0 Å². The summed E-state index contributed by atoms with van der Waals surface area (Å²) in [6.45, 7) is -0.0156. The largest absolute Gasteiger partial charge is 0.454 e. The molecule has 0 aliphatic heterocycles. The van der Waals surface area contributed by atoms with E-state index < -0.39 is 0 Å². The summed E-state index contributed by atoms with van der Waals surface area (Å²) >= 11 is 3.17. The van der Waals surface area contributed by atoms with Gasteiger partial charge in [-0.15, -0.1) is 0 Å². The van der Waals surface area contributed by atoms with Crippen molar-refractivity contribution in [1.29, 1.82) is 0 Å². The van der Waals surface area contributed by atoms with Crippen molar-refractivity contribution in [2.45, 2.75) is 12.5 Å². The number of rotatable bonds is 3. The molecule has 1 aromatic heterocycles. The molecular weight excluding hydrogens is 210 g/mol. The average Bonchev–Trinajstić information content (AvgIpc) is 2.35. The highest BCUT2D eigenvalue weighted by atomic mass is 79.9. The Morgan fingerprint density at radius 1 is 1.64 bits per heavy atom. The van der Waals surface area contributed by atoms with Gasteiger partial charge in [0.1, 0.15) is 5.76 Å². The zero-order chi connectivity index (χ0) is 8.27. The van der Waals surface area contributed by atoms with Crippen LogP contribution in [0.3, 0.4) is 0 Å². The van der Waals surface area contributed by atoms with E-state index in [4.69, 9.17) is 15.3 Å². The molecule has 0 aliphatic carbocycles. The van der Waals surface area contributed by atoms with Crippen LogP contribution in [0.4, 0.5) is 0 Å². The minimum atomic E-state index is -0.229. The molecule has 0 aromatic carbocycles. The molecule has 4 heteroatoms. The highest BCUT2D eigenvalue weighted by Gasteiger charge is 2.05. The van der Waals surface area contributed by atoms with Crippen LogP contribution in [0, 0.1) is 0 Å². The Bertz CT molecular complexity index is 224. The second-order valence-corrected chi connectivity index (χ2v) is 3.13. The SMILES string of the molecule is NC(CO)Cc1ccc(Br)o1. The molecule has 0 fully saturated rings. The summed E-state index contributed by atoms with van der Waals surface area (Å²) in [4.78, 5) is 0. The third-order valence-corrected chi connectivity index (χ3v) is 1.75. The fourth-order valence-corrected chi connectivity index (χ4v) is 1.12. The average molecular weight is 220 g/mol. The summed E-state index contributed by atoms with van der Waals surface area (Å²) in [7, 11) is 0. The first-order valence-corrected chi connectivity index (χ1v) is 4.12. The van der Waals surface area contributed by atoms with Crippen molar-refractivity contribution in [3.63, 3.8) is 0 Å². The second kappa shape index (κ2) is 3.90. The fourth-order valence-electron chi connectivity index (χ4n) is 0.784. The van der Waals surface area contributed by atoms with E-state index in [1.54, 1.807) is 6.07 Å². The summed E-state index contributed by atoms with van der Waals surface area (Å²) in [5, 5.41) is 8.62. The highest BCUT2D eigenvalue weighted by molar-refractivity contribution is 9.10. The molecule has 1 unspecified atom stereocenters. The Morgan fingerprint density at radius 2 is 2.36 bits per heavy atom. The number of aliphatic hydroxyl groups excluding tert-OH is 1. The van der Waals surface area contributed by atoms with E-state index in [0.29, 0.717) is 11.1 Å². The van der Waals surface area contributed by atoms with Gasteiger partial charge in [0, 0.05) is 12.5 Å². The lowest BCUT2D eigenvalue weighted by molar-refractivity contribution is 0.260. The molecule has 0 saturated carbocycles. The van der Waals surface area contributed by atoms with Gasteiger partial charge in [0.15, 0.2) is 4.67 Å². The summed E-state index contributed by atoms with van der Waals surface area (Å²) in [6.07, 6.45) is 0.572. The number of nitrogens with two attached hydrogens (primary N) is 1. The monoisotopic (exact) mass is 219 g/mol. The normalized spacial score (nSPS) is 13.4. The van der Waals surface area contributed by atoms with Gasteiger partial charge in [-0.3, -0.25) is 0 Å². The van der Waals surface area contributed by atoms with Gasteiger partial charge in [0.25, 0.3) is 0 Å². The maximum atomic E-state index is 8.62. The maximum absolute atomic E-state index is 8.62. The number of halogens is 1. The number of hydrogen-bond acceptors (Lipinski definition) is 3. The Labute approximate surface area is 73.3 Å². The van der Waals surface area contributed by atoms with E-state index in [1.165, 1.54) is 0 Å². The Hall–Kier alpha value is -0.320. The van der Waals surface area contributed by atoms with Crippen LogP contribution in [-0.2, 0) is 6.42 Å². The van der Waals surface area contributed by atoms with Gasteiger partial charge in [-0.2, -0.15) is 0 Å². The smallest absolute Gasteiger partial charge is 0.169 e. The zero-order valence-corrected chi connectivity index (χ0v) is 7.54. The highest BCUT2D eigenvalue weighted by Crippen LogP contribution is 2.14. The van der Waals surface area contributed by atoms with Gasteiger partial charge in [0.2, 0.25) is 0 Å². The van der Waals surface area contributed by atoms with Crippen molar-refractivity contribution in [2.24, 2.45) is 5.73 Å². The molecule has 3 N–H and O–H groups in total. The number of furan rings is 1. The van der Waals surface area contributed by atoms with E-state index in [0.717, 1.165) is 5.76 Å².